The van der Waals surface area contributed by atoms with Gasteiger partial charge in [-0.05, 0) is 12.8 Å². The van der Waals surface area contributed by atoms with Crippen molar-refractivity contribution in [3.8, 4) is 5.88 Å². The van der Waals surface area contributed by atoms with Crippen LogP contribution in [-0.2, 0) is 19.3 Å². The largest absolute Gasteiger partial charge is 0.477 e. The first-order valence-corrected chi connectivity index (χ1v) is 10.2. The van der Waals surface area contributed by atoms with Crippen LogP contribution in [0.4, 0.5) is 0 Å². The van der Waals surface area contributed by atoms with Crippen LogP contribution < -0.4 is 4.74 Å². The molecule has 2 fully saturated rings. The number of carboxylic acids is 1. The van der Waals surface area contributed by atoms with E-state index in [2.05, 4.69) is 5.10 Å². The van der Waals surface area contributed by atoms with Crippen molar-refractivity contribution < 1.29 is 32.5 Å². The molecule has 1 aromatic heterocycles. The van der Waals surface area contributed by atoms with E-state index >= 15 is 0 Å². The number of carboxylic acid groups (broad SMARTS) is 1. The summed E-state index contributed by atoms with van der Waals surface area (Å²) in [6, 6.07) is 0.0313. The van der Waals surface area contributed by atoms with E-state index in [9.17, 15) is 18.3 Å². The van der Waals surface area contributed by atoms with Crippen molar-refractivity contribution >= 4 is 15.8 Å². The molecule has 2 heterocycles. The van der Waals surface area contributed by atoms with Crippen LogP contribution in [0.25, 0.3) is 0 Å². The maximum atomic E-state index is 11.4. The molecule has 3 rings (SSSR count). The van der Waals surface area contributed by atoms with Crippen molar-refractivity contribution in [2.24, 2.45) is 0 Å². The molecule has 1 saturated carbocycles. The molecule has 0 bridgehead atoms. The highest BCUT2D eigenvalue weighted by atomic mass is 32.2. The summed E-state index contributed by atoms with van der Waals surface area (Å²) in [7, 11) is -3.19. The highest BCUT2D eigenvalue weighted by molar-refractivity contribution is 7.90. The lowest BCUT2D eigenvalue weighted by atomic mass is 9.90. The lowest BCUT2D eigenvalue weighted by Crippen LogP contribution is -2.35. The number of hydrogen-bond acceptors (Lipinski definition) is 7. The van der Waals surface area contributed by atoms with Gasteiger partial charge in [0.1, 0.15) is 12.2 Å². The van der Waals surface area contributed by atoms with Crippen molar-refractivity contribution in [2.45, 2.75) is 37.5 Å². The second kappa shape index (κ2) is 6.93. The van der Waals surface area contributed by atoms with Gasteiger partial charge in [0.2, 0.25) is 5.88 Å². The van der Waals surface area contributed by atoms with Crippen LogP contribution in [0.2, 0.25) is 0 Å². The van der Waals surface area contributed by atoms with Gasteiger partial charge in [0.25, 0.3) is 0 Å². The highest BCUT2D eigenvalue weighted by Gasteiger charge is 2.41. The summed E-state index contributed by atoms with van der Waals surface area (Å²) in [5, 5.41) is 13.5. The van der Waals surface area contributed by atoms with E-state index in [4.69, 9.17) is 14.2 Å². The minimum atomic E-state index is -3.19. The number of aromatic carboxylic acids is 1. The SMILES string of the molecule is CS(=O)(=O)CCOc1nn(C2CCC3(CC2)OCCO3)cc1C(=O)O. The third kappa shape index (κ3) is 4.31. The Labute approximate surface area is 145 Å². The Kier molecular flexibility index (Phi) is 5.03. The fourth-order valence-corrected chi connectivity index (χ4v) is 3.58. The molecule has 10 heteroatoms. The molecule has 1 spiro atoms. The molecule has 0 unspecified atom stereocenters. The van der Waals surface area contributed by atoms with Crippen molar-refractivity contribution in [1.29, 1.82) is 0 Å². The topological polar surface area (TPSA) is 117 Å². The van der Waals surface area contributed by atoms with Crippen LogP contribution in [0.3, 0.4) is 0 Å². The average Bonchev–Trinajstić information content (AvgIpc) is 3.15. The van der Waals surface area contributed by atoms with Gasteiger partial charge in [-0.1, -0.05) is 0 Å². The van der Waals surface area contributed by atoms with Gasteiger partial charge in [-0.25, -0.2) is 13.2 Å². The van der Waals surface area contributed by atoms with Gasteiger partial charge in [-0.15, -0.1) is 5.10 Å². The summed E-state index contributed by atoms with van der Waals surface area (Å²) in [5.41, 5.74) is -0.0674. The molecule has 1 aliphatic carbocycles. The fourth-order valence-electron chi connectivity index (χ4n) is 3.20. The van der Waals surface area contributed by atoms with Crippen LogP contribution in [0.1, 0.15) is 42.1 Å². The Morgan fingerprint density at radius 1 is 1.40 bits per heavy atom. The third-order valence-electron chi connectivity index (χ3n) is 4.53. The Bertz CT molecular complexity index is 727. The summed E-state index contributed by atoms with van der Waals surface area (Å²) in [6.07, 6.45) is 5.50. The van der Waals surface area contributed by atoms with E-state index in [1.807, 2.05) is 0 Å². The van der Waals surface area contributed by atoms with Gasteiger partial charge >= 0.3 is 5.97 Å². The third-order valence-corrected chi connectivity index (χ3v) is 5.43. The van der Waals surface area contributed by atoms with E-state index in [1.165, 1.54) is 6.20 Å². The summed E-state index contributed by atoms with van der Waals surface area (Å²) < 4.78 is 40.6. The molecule has 0 amide bonds. The van der Waals surface area contributed by atoms with Crippen molar-refractivity contribution in [1.82, 2.24) is 9.78 Å². The first-order valence-electron chi connectivity index (χ1n) is 8.19. The van der Waals surface area contributed by atoms with Crippen LogP contribution >= 0.6 is 0 Å². The summed E-state index contributed by atoms with van der Waals surface area (Å²) in [5.74, 6) is -1.90. The Morgan fingerprint density at radius 3 is 2.60 bits per heavy atom. The predicted octanol–water partition coefficient (Wildman–Crippen LogP) is 0.863. The van der Waals surface area contributed by atoms with Crippen molar-refractivity contribution in [3.05, 3.63) is 11.8 Å². The quantitative estimate of drug-likeness (QED) is 0.779. The lowest BCUT2D eigenvalue weighted by molar-refractivity contribution is -0.181. The summed E-state index contributed by atoms with van der Waals surface area (Å²) in [6.45, 7) is 1.08. The lowest BCUT2D eigenvalue weighted by Gasteiger charge is -2.35. The van der Waals surface area contributed by atoms with Crippen LogP contribution in [0.15, 0.2) is 6.20 Å². The molecule has 1 N–H and O–H groups in total. The molecule has 1 aliphatic heterocycles. The number of nitrogens with zero attached hydrogens (tertiary/aromatic N) is 2. The van der Waals surface area contributed by atoms with Crippen LogP contribution in [0, 0.1) is 0 Å². The number of hydrogen-bond donors (Lipinski definition) is 1. The van der Waals surface area contributed by atoms with Crippen LogP contribution in [0.5, 0.6) is 5.88 Å². The first-order chi connectivity index (χ1) is 11.8. The van der Waals surface area contributed by atoms with Crippen LogP contribution in [-0.4, -0.2) is 66.9 Å². The summed E-state index contributed by atoms with van der Waals surface area (Å²) >= 11 is 0. The zero-order valence-corrected chi connectivity index (χ0v) is 14.8. The molecule has 1 aromatic rings. The van der Waals surface area contributed by atoms with Gasteiger partial charge < -0.3 is 19.3 Å². The van der Waals surface area contributed by atoms with Gasteiger partial charge in [0.15, 0.2) is 15.6 Å². The Hall–Kier alpha value is -1.65. The molecule has 9 nitrogen and oxygen atoms in total. The summed E-state index contributed by atoms with van der Waals surface area (Å²) in [4.78, 5) is 11.4. The second-order valence-electron chi connectivity index (χ2n) is 6.45. The molecular weight excluding hydrogens is 352 g/mol. The smallest absolute Gasteiger partial charge is 0.342 e. The predicted molar refractivity (Wildman–Crippen MR) is 86.5 cm³/mol. The van der Waals surface area contributed by atoms with Gasteiger partial charge in [0, 0.05) is 25.3 Å². The second-order valence-corrected chi connectivity index (χ2v) is 8.71. The number of carbonyl (C=O) groups is 1. The Balaban J connectivity index is 1.68. The number of sulfone groups is 1. The maximum absolute atomic E-state index is 11.4. The standard InChI is InChI=1S/C15H22N2O7S/c1-25(20,21)9-8-22-13-12(14(18)19)10-17(16-13)11-2-4-15(5-3-11)23-6-7-24-15/h10-11H,2-9H2,1H3,(H,18,19). The maximum Gasteiger partial charge on any atom is 0.342 e. The molecule has 0 atom stereocenters. The molecule has 0 aromatic carbocycles. The molecule has 140 valence electrons. The van der Waals surface area contributed by atoms with Gasteiger partial charge in [-0.3, -0.25) is 4.68 Å². The number of rotatable bonds is 6. The normalized spacial score (nSPS) is 20.8. The Morgan fingerprint density at radius 2 is 2.04 bits per heavy atom. The van der Waals surface area contributed by atoms with Gasteiger partial charge in [-0.2, -0.15) is 0 Å². The minimum Gasteiger partial charge on any atom is -0.477 e. The molecule has 25 heavy (non-hydrogen) atoms. The fraction of sp³-hybridized carbons (Fsp3) is 0.733. The number of aromatic nitrogens is 2. The zero-order valence-electron chi connectivity index (χ0n) is 14.0. The van der Waals surface area contributed by atoms with E-state index in [0.29, 0.717) is 13.2 Å². The average molecular weight is 374 g/mol. The van der Waals surface area contributed by atoms with Gasteiger partial charge in [0.05, 0.1) is 25.0 Å². The van der Waals surface area contributed by atoms with E-state index in [1.54, 1.807) is 4.68 Å². The molecule has 2 aliphatic rings. The van der Waals surface area contributed by atoms with E-state index in [0.717, 1.165) is 31.9 Å². The van der Waals surface area contributed by atoms with E-state index in [-0.39, 0.29) is 29.8 Å². The number of ether oxygens (including phenoxy) is 3. The minimum absolute atomic E-state index is 0.0313. The first kappa shape index (κ1) is 18.2. The zero-order chi connectivity index (χ0) is 18.1. The van der Waals surface area contributed by atoms with E-state index < -0.39 is 21.6 Å². The highest BCUT2D eigenvalue weighted by Crippen LogP contribution is 2.40. The van der Waals surface area contributed by atoms with Crippen molar-refractivity contribution in [3.63, 3.8) is 0 Å². The van der Waals surface area contributed by atoms with Crippen molar-refractivity contribution in [2.75, 3.05) is 31.8 Å². The molecular formula is C15H22N2O7S. The monoisotopic (exact) mass is 374 g/mol. The molecule has 1 saturated heterocycles. The molecule has 0 radical (unpaired) electrons.